The van der Waals surface area contributed by atoms with Crippen LogP contribution < -0.4 is 0 Å². The molecular formula is C10H10N2. The van der Waals surface area contributed by atoms with Crippen LogP contribution in [0.1, 0.15) is 18.9 Å². The third-order valence-corrected chi connectivity index (χ3v) is 1.87. The number of aromatic nitrogens is 1. The molecule has 0 saturated heterocycles. The molecule has 60 valence electrons. The Morgan fingerprint density at radius 1 is 1.42 bits per heavy atom. The zero-order valence-corrected chi connectivity index (χ0v) is 6.99. The van der Waals surface area contributed by atoms with Crippen LogP contribution in [0.2, 0.25) is 0 Å². The molecule has 1 aliphatic heterocycles. The van der Waals surface area contributed by atoms with Gasteiger partial charge in [0.1, 0.15) is 0 Å². The summed E-state index contributed by atoms with van der Waals surface area (Å²) in [6.45, 7) is 2.11. The van der Waals surface area contributed by atoms with Gasteiger partial charge in [0.15, 0.2) is 0 Å². The van der Waals surface area contributed by atoms with Crippen molar-refractivity contribution in [1.82, 2.24) is 4.98 Å². The number of nitrogens with zero attached hydrogens (tertiary/aromatic N) is 2. The van der Waals surface area contributed by atoms with Gasteiger partial charge in [-0.25, -0.2) is 0 Å². The largest absolute Gasteiger partial charge is 0.264 e. The van der Waals surface area contributed by atoms with Crippen molar-refractivity contribution in [1.29, 1.82) is 0 Å². The molecule has 0 bridgehead atoms. The van der Waals surface area contributed by atoms with Crippen LogP contribution in [-0.4, -0.2) is 11.2 Å². The van der Waals surface area contributed by atoms with E-state index >= 15 is 0 Å². The maximum atomic E-state index is 4.32. The zero-order chi connectivity index (χ0) is 8.39. The average Bonchev–Trinajstić information content (AvgIpc) is 2.25. The number of rotatable bonds is 0. The van der Waals surface area contributed by atoms with Crippen LogP contribution in [0.15, 0.2) is 29.0 Å². The topological polar surface area (TPSA) is 25.2 Å². The molecule has 2 heterocycles. The molecule has 1 aromatic heterocycles. The van der Waals surface area contributed by atoms with Gasteiger partial charge < -0.3 is 0 Å². The highest BCUT2D eigenvalue weighted by atomic mass is 14.7. The minimum absolute atomic E-state index is 0.939. The molecular weight excluding hydrogens is 148 g/mol. The van der Waals surface area contributed by atoms with Gasteiger partial charge in [-0.05, 0) is 13.0 Å². The first kappa shape index (κ1) is 7.22. The number of hydrogen-bond donors (Lipinski definition) is 0. The van der Waals surface area contributed by atoms with Gasteiger partial charge in [0, 0.05) is 30.6 Å². The summed E-state index contributed by atoms with van der Waals surface area (Å²) in [5.74, 6) is 0. The molecule has 2 heteroatoms. The third-order valence-electron chi connectivity index (χ3n) is 1.87. The number of aliphatic imine (C=N–C) groups is 1. The number of allylic oxidation sites excluding steroid dienone is 1. The van der Waals surface area contributed by atoms with E-state index in [2.05, 4.69) is 23.0 Å². The van der Waals surface area contributed by atoms with Crippen molar-refractivity contribution in [2.75, 3.05) is 0 Å². The lowest BCUT2D eigenvalue weighted by Gasteiger charge is -1.96. The second-order valence-electron chi connectivity index (χ2n) is 2.94. The molecule has 2 rings (SSSR count). The molecule has 0 radical (unpaired) electrons. The van der Waals surface area contributed by atoms with Gasteiger partial charge in [-0.2, -0.15) is 0 Å². The Labute approximate surface area is 71.7 Å². The summed E-state index contributed by atoms with van der Waals surface area (Å²) in [6, 6.07) is 1.93. The molecule has 0 atom stereocenters. The fraction of sp³-hybridized carbons (Fsp3) is 0.200. The summed E-state index contributed by atoms with van der Waals surface area (Å²) in [5, 5.41) is 0. The SMILES string of the molecule is CC1=Cc2cnccc2N=CC1. The highest BCUT2D eigenvalue weighted by molar-refractivity contribution is 5.76. The van der Waals surface area contributed by atoms with Gasteiger partial charge in [-0.3, -0.25) is 9.98 Å². The number of pyridine rings is 1. The van der Waals surface area contributed by atoms with Crippen LogP contribution >= 0.6 is 0 Å². The first-order chi connectivity index (χ1) is 5.86. The lowest BCUT2D eigenvalue weighted by atomic mass is 10.1. The predicted molar refractivity (Wildman–Crippen MR) is 50.7 cm³/mol. The molecule has 12 heavy (non-hydrogen) atoms. The van der Waals surface area contributed by atoms with Crippen LogP contribution in [0.4, 0.5) is 5.69 Å². The van der Waals surface area contributed by atoms with Crippen molar-refractivity contribution in [3.63, 3.8) is 0 Å². The van der Waals surface area contributed by atoms with E-state index in [4.69, 9.17) is 0 Å². The van der Waals surface area contributed by atoms with Gasteiger partial charge in [0.05, 0.1) is 5.69 Å². The Morgan fingerprint density at radius 2 is 2.33 bits per heavy atom. The van der Waals surface area contributed by atoms with Crippen molar-refractivity contribution in [2.45, 2.75) is 13.3 Å². The van der Waals surface area contributed by atoms with Crippen molar-refractivity contribution < 1.29 is 0 Å². The first-order valence-corrected chi connectivity index (χ1v) is 4.00. The van der Waals surface area contributed by atoms with E-state index in [9.17, 15) is 0 Å². The molecule has 1 aliphatic rings. The molecule has 0 amide bonds. The fourth-order valence-electron chi connectivity index (χ4n) is 1.24. The van der Waals surface area contributed by atoms with Crippen molar-refractivity contribution in [3.05, 3.63) is 29.6 Å². The minimum atomic E-state index is 0.939. The third kappa shape index (κ3) is 1.28. The minimum Gasteiger partial charge on any atom is -0.264 e. The van der Waals surface area contributed by atoms with E-state index in [0.29, 0.717) is 0 Å². The lowest BCUT2D eigenvalue weighted by molar-refractivity contribution is 1.30. The van der Waals surface area contributed by atoms with Crippen LogP contribution in [0.5, 0.6) is 0 Å². The standard InChI is InChI=1S/C10H10N2/c1-8-2-5-12-10-3-4-11-7-9(10)6-8/h3-7H,2H2,1H3. The van der Waals surface area contributed by atoms with E-state index in [-0.39, 0.29) is 0 Å². The van der Waals surface area contributed by atoms with Crippen LogP contribution in [-0.2, 0) is 0 Å². The van der Waals surface area contributed by atoms with Gasteiger partial charge >= 0.3 is 0 Å². The molecule has 0 fully saturated rings. The molecule has 2 nitrogen and oxygen atoms in total. The van der Waals surface area contributed by atoms with E-state index < -0.39 is 0 Å². The van der Waals surface area contributed by atoms with Crippen LogP contribution in [0, 0.1) is 0 Å². The molecule has 1 aromatic rings. The summed E-state index contributed by atoms with van der Waals surface area (Å²) >= 11 is 0. The molecule has 0 spiro atoms. The second kappa shape index (κ2) is 2.89. The lowest BCUT2D eigenvalue weighted by Crippen LogP contribution is -1.76. The van der Waals surface area contributed by atoms with E-state index in [0.717, 1.165) is 17.7 Å². The molecule has 0 aromatic carbocycles. The molecule has 0 unspecified atom stereocenters. The zero-order valence-electron chi connectivity index (χ0n) is 6.99. The summed E-state index contributed by atoms with van der Waals surface area (Å²) in [6.07, 6.45) is 8.63. The average molecular weight is 158 g/mol. The molecule has 0 aliphatic carbocycles. The Bertz CT molecular complexity index is 351. The predicted octanol–water partition coefficient (Wildman–Crippen LogP) is 2.59. The Kier molecular flexibility index (Phi) is 1.74. The Morgan fingerprint density at radius 3 is 3.25 bits per heavy atom. The van der Waals surface area contributed by atoms with E-state index in [1.165, 1.54) is 5.57 Å². The van der Waals surface area contributed by atoms with Crippen molar-refractivity contribution >= 4 is 18.0 Å². The van der Waals surface area contributed by atoms with Gasteiger partial charge in [-0.15, -0.1) is 0 Å². The van der Waals surface area contributed by atoms with Crippen molar-refractivity contribution in [2.24, 2.45) is 4.99 Å². The summed E-state index contributed by atoms with van der Waals surface area (Å²) in [7, 11) is 0. The number of hydrogen-bond acceptors (Lipinski definition) is 2. The Balaban J connectivity index is 2.58. The Hall–Kier alpha value is -1.44. The highest BCUT2D eigenvalue weighted by Crippen LogP contribution is 2.23. The maximum absolute atomic E-state index is 4.32. The number of fused-ring (bicyclic) bond motifs is 1. The van der Waals surface area contributed by atoms with Gasteiger partial charge in [0.25, 0.3) is 0 Å². The highest BCUT2D eigenvalue weighted by Gasteiger charge is 2.00. The fourth-order valence-corrected chi connectivity index (χ4v) is 1.24. The monoisotopic (exact) mass is 158 g/mol. The van der Waals surface area contributed by atoms with E-state index in [1.54, 1.807) is 6.20 Å². The quantitative estimate of drug-likeness (QED) is 0.569. The molecule has 0 saturated carbocycles. The summed E-state index contributed by atoms with van der Waals surface area (Å²) in [4.78, 5) is 8.38. The second-order valence-corrected chi connectivity index (χ2v) is 2.94. The van der Waals surface area contributed by atoms with Gasteiger partial charge in [0.2, 0.25) is 0 Å². The van der Waals surface area contributed by atoms with Crippen LogP contribution in [0.25, 0.3) is 6.08 Å². The maximum Gasteiger partial charge on any atom is 0.0728 e. The van der Waals surface area contributed by atoms with Gasteiger partial charge in [-0.1, -0.05) is 11.6 Å². The smallest absolute Gasteiger partial charge is 0.0728 e. The van der Waals surface area contributed by atoms with E-state index in [1.807, 2.05) is 18.5 Å². The summed E-state index contributed by atoms with van der Waals surface area (Å²) in [5.41, 5.74) is 3.45. The first-order valence-electron chi connectivity index (χ1n) is 4.00. The van der Waals surface area contributed by atoms with Crippen molar-refractivity contribution in [3.8, 4) is 0 Å². The molecule has 0 N–H and O–H groups in total. The van der Waals surface area contributed by atoms with Crippen LogP contribution in [0.3, 0.4) is 0 Å². The summed E-state index contributed by atoms with van der Waals surface area (Å²) < 4.78 is 0. The normalized spacial score (nSPS) is 14.9.